The van der Waals surface area contributed by atoms with E-state index >= 15 is 0 Å². The summed E-state index contributed by atoms with van der Waals surface area (Å²) in [6.07, 6.45) is 3.97. The molecule has 0 unspecified atom stereocenters. The predicted molar refractivity (Wildman–Crippen MR) is 85.5 cm³/mol. The Morgan fingerprint density at radius 1 is 1.22 bits per heavy atom. The van der Waals surface area contributed by atoms with E-state index in [2.05, 4.69) is 20.4 Å². The first-order valence-corrected chi connectivity index (χ1v) is 8.40. The molecule has 126 valence electrons. The molecule has 1 saturated heterocycles. The van der Waals surface area contributed by atoms with Gasteiger partial charge in [-0.25, -0.2) is 5.10 Å². The van der Waals surface area contributed by atoms with Gasteiger partial charge in [-0.2, -0.15) is 5.10 Å². The maximum absolute atomic E-state index is 12.1. The molecule has 0 atom stereocenters. The number of aromatic nitrogens is 2. The smallest absolute Gasteiger partial charge is 0.267 e. The molecule has 0 radical (unpaired) electrons. The second-order valence-corrected chi connectivity index (χ2v) is 6.14. The number of aromatic amines is 1. The summed E-state index contributed by atoms with van der Waals surface area (Å²) in [5, 5.41) is 9.58. The average molecular weight is 320 g/mol. The average Bonchev–Trinajstić information content (AvgIpc) is 2.59. The van der Waals surface area contributed by atoms with E-state index in [0.29, 0.717) is 6.54 Å². The lowest BCUT2D eigenvalue weighted by atomic mass is 9.91. The monoisotopic (exact) mass is 320 g/mol. The Bertz CT molecular complexity index is 608. The standard InChI is InChI=1S/C16H24N4O3/c21-15(17-5-6-20-7-9-23-10-8-20)11-14-12-3-1-2-4-13(12)16(22)19-18-14/h1-11H2,(H,17,21)(H,19,22). The van der Waals surface area contributed by atoms with Crippen molar-refractivity contribution in [3.63, 3.8) is 0 Å². The molecule has 2 N–H and O–H groups in total. The first-order valence-electron chi connectivity index (χ1n) is 8.40. The fourth-order valence-corrected chi connectivity index (χ4v) is 3.27. The summed E-state index contributed by atoms with van der Waals surface area (Å²) in [4.78, 5) is 26.2. The van der Waals surface area contributed by atoms with Crippen LogP contribution in [0.4, 0.5) is 0 Å². The molecule has 23 heavy (non-hydrogen) atoms. The van der Waals surface area contributed by atoms with Gasteiger partial charge in [0.25, 0.3) is 5.56 Å². The van der Waals surface area contributed by atoms with Crippen LogP contribution in [0.15, 0.2) is 4.79 Å². The van der Waals surface area contributed by atoms with Crippen LogP contribution >= 0.6 is 0 Å². The fourth-order valence-electron chi connectivity index (χ4n) is 3.27. The summed E-state index contributed by atoms with van der Waals surface area (Å²) >= 11 is 0. The molecule has 1 fully saturated rings. The van der Waals surface area contributed by atoms with Gasteiger partial charge in [0.05, 0.1) is 25.3 Å². The number of ether oxygens (including phenoxy) is 1. The molecule has 1 aromatic rings. The van der Waals surface area contributed by atoms with Crippen LogP contribution in [0, 0.1) is 0 Å². The Labute approximate surface area is 135 Å². The van der Waals surface area contributed by atoms with Gasteiger partial charge in [0.15, 0.2) is 0 Å². The summed E-state index contributed by atoms with van der Waals surface area (Å²) in [7, 11) is 0. The van der Waals surface area contributed by atoms with Crippen molar-refractivity contribution in [3.05, 3.63) is 27.2 Å². The molecule has 3 rings (SSSR count). The number of hydrogen-bond donors (Lipinski definition) is 2. The van der Waals surface area contributed by atoms with Crippen LogP contribution in [0.25, 0.3) is 0 Å². The minimum Gasteiger partial charge on any atom is -0.379 e. The quantitative estimate of drug-likeness (QED) is 0.774. The van der Waals surface area contributed by atoms with Gasteiger partial charge < -0.3 is 10.1 Å². The van der Waals surface area contributed by atoms with Crippen LogP contribution in [-0.4, -0.2) is 60.4 Å². The van der Waals surface area contributed by atoms with Crippen molar-refractivity contribution in [2.45, 2.75) is 32.1 Å². The number of fused-ring (bicyclic) bond motifs is 1. The molecule has 2 heterocycles. The molecule has 0 aromatic carbocycles. The van der Waals surface area contributed by atoms with Gasteiger partial charge in [-0.15, -0.1) is 0 Å². The van der Waals surface area contributed by atoms with E-state index in [1.54, 1.807) is 0 Å². The third kappa shape index (κ3) is 4.17. The SMILES string of the molecule is O=C(Cc1n[nH]c(=O)c2c1CCCC2)NCCN1CCOCC1. The van der Waals surface area contributed by atoms with E-state index in [1.807, 2.05) is 0 Å². The largest absolute Gasteiger partial charge is 0.379 e. The van der Waals surface area contributed by atoms with Crippen LogP contribution in [0.1, 0.15) is 29.7 Å². The Kier molecular flexibility index (Phi) is 5.40. The van der Waals surface area contributed by atoms with Crippen molar-refractivity contribution < 1.29 is 9.53 Å². The number of nitrogens with one attached hydrogen (secondary N) is 2. The topological polar surface area (TPSA) is 87.3 Å². The van der Waals surface area contributed by atoms with E-state index in [4.69, 9.17) is 4.74 Å². The van der Waals surface area contributed by atoms with Crippen LogP contribution in [-0.2, 0) is 28.8 Å². The van der Waals surface area contributed by atoms with Crippen LogP contribution < -0.4 is 10.9 Å². The molecular formula is C16H24N4O3. The zero-order valence-corrected chi connectivity index (χ0v) is 13.4. The Hall–Kier alpha value is -1.73. The highest BCUT2D eigenvalue weighted by Gasteiger charge is 2.19. The van der Waals surface area contributed by atoms with Crippen molar-refractivity contribution >= 4 is 5.91 Å². The van der Waals surface area contributed by atoms with Crippen molar-refractivity contribution in [2.75, 3.05) is 39.4 Å². The summed E-state index contributed by atoms with van der Waals surface area (Å²) in [5.74, 6) is -0.0365. The van der Waals surface area contributed by atoms with Crippen LogP contribution in [0.2, 0.25) is 0 Å². The third-order valence-corrected chi connectivity index (χ3v) is 4.56. The summed E-state index contributed by atoms with van der Waals surface area (Å²) in [6.45, 7) is 4.84. The molecule has 1 aliphatic heterocycles. The Morgan fingerprint density at radius 2 is 1.96 bits per heavy atom. The zero-order valence-electron chi connectivity index (χ0n) is 13.4. The second-order valence-electron chi connectivity index (χ2n) is 6.14. The second kappa shape index (κ2) is 7.70. The van der Waals surface area contributed by atoms with E-state index in [1.165, 1.54) is 0 Å². The van der Waals surface area contributed by atoms with Crippen LogP contribution in [0.3, 0.4) is 0 Å². The van der Waals surface area contributed by atoms with Gasteiger partial charge >= 0.3 is 0 Å². The highest BCUT2D eigenvalue weighted by atomic mass is 16.5. The maximum atomic E-state index is 12.1. The zero-order chi connectivity index (χ0) is 16.1. The lowest BCUT2D eigenvalue weighted by Crippen LogP contribution is -2.41. The summed E-state index contributed by atoms with van der Waals surface area (Å²) < 4.78 is 5.30. The molecule has 0 saturated carbocycles. The van der Waals surface area contributed by atoms with Gasteiger partial charge in [0, 0.05) is 31.7 Å². The number of morpholine rings is 1. The molecule has 0 bridgehead atoms. The van der Waals surface area contributed by atoms with Gasteiger partial charge in [-0.1, -0.05) is 0 Å². The first kappa shape index (κ1) is 16.1. The normalized spacial score (nSPS) is 18.4. The van der Waals surface area contributed by atoms with Crippen LogP contribution in [0.5, 0.6) is 0 Å². The number of amides is 1. The van der Waals surface area contributed by atoms with E-state index in [-0.39, 0.29) is 17.9 Å². The molecular weight excluding hydrogens is 296 g/mol. The Balaban J connectivity index is 1.52. The molecule has 1 aliphatic carbocycles. The lowest BCUT2D eigenvalue weighted by Gasteiger charge is -2.26. The number of H-pyrrole nitrogens is 1. The van der Waals surface area contributed by atoms with Gasteiger partial charge in [-0.3, -0.25) is 14.5 Å². The van der Waals surface area contributed by atoms with Crippen molar-refractivity contribution in [3.8, 4) is 0 Å². The predicted octanol–water partition coefficient (Wildman–Crippen LogP) is -0.360. The highest BCUT2D eigenvalue weighted by molar-refractivity contribution is 5.78. The third-order valence-electron chi connectivity index (χ3n) is 4.56. The minimum absolute atomic E-state index is 0.0365. The molecule has 2 aliphatic rings. The first-order chi connectivity index (χ1) is 11.2. The Morgan fingerprint density at radius 3 is 2.74 bits per heavy atom. The molecule has 0 spiro atoms. The number of nitrogens with zero attached hydrogens (tertiary/aromatic N) is 2. The van der Waals surface area contributed by atoms with E-state index in [9.17, 15) is 9.59 Å². The number of rotatable bonds is 5. The number of carbonyl (C=O) groups is 1. The van der Waals surface area contributed by atoms with E-state index in [0.717, 1.165) is 75.4 Å². The molecule has 1 amide bonds. The minimum atomic E-state index is -0.101. The molecule has 7 heteroatoms. The molecule has 1 aromatic heterocycles. The van der Waals surface area contributed by atoms with E-state index < -0.39 is 0 Å². The molecule has 7 nitrogen and oxygen atoms in total. The van der Waals surface area contributed by atoms with Crippen molar-refractivity contribution in [1.29, 1.82) is 0 Å². The van der Waals surface area contributed by atoms with Crippen molar-refractivity contribution in [2.24, 2.45) is 0 Å². The van der Waals surface area contributed by atoms with Gasteiger partial charge in [-0.05, 0) is 31.2 Å². The van der Waals surface area contributed by atoms with Gasteiger partial charge in [0.2, 0.25) is 5.91 Å². The number of hydrogen-bond acceptors (Lipinski definition) is 5. The summed E-state index contributed by atoms with van der Waals surface area (Å²) in [5.41, 5.74) is 2.44. The lowest BCUT2D eigenvalue weighted by molar-refractivity contribution is -0.120. The number of carbonyl (C=O) groups excluding carboxylic acids is 1. The van der Waals surface area contributed by atoms with Gasteiger partial charge in [0.1, 0.15) is 0 Å². The summed E-state index contributed by atoms with van der Waals surface area (Å²) in [6, 6.07) is 0. The maximum Gasteiger partial charge on any atom is 0.267 e. The van der Waals surface area contributed by atoms with Crippen molar-refractivity contribution in [1.82, 2.24) is 20.4 Å². The highest BCUT2D eigenvalue weighted by Crippen LogP contribution is 2.20. The fraction of sp³-hybridized carbons (Fsp3) is 0.688.